The van der Waals surface area contributed by atoms with Crippen molar-refractivity contribution in [3.05, 3.63) is 29.7 Å². The van der Waals surface area contributed by atoms with E-state index in [0.717, 1.165) is 16.9 Å². The van der Waals surface area contributed by atoms with Crippen LogP contribution in [0.4, 0.5) is 13.2 Å². The highest BCUT2D eigenvalue weighted by molar-refractivity contribution is 7.19. The third-order valence-electron chi connectivity index (χ3n) is 2.52. The van der Waals surface area contributed by atoms with Gasteiger partial charge in [-0.05, 0) is 11.6 Å². The number of hydrogen-bond acceptors (Lipinski definition) is 6. The van der Waals surface area contributed by atoms with E-state index in [2.05, 4.69) is 20.3 Å². The van der Waals surface area contributed by atoms with E-state index in [0.29, 0.717) is 21.8 Å². The molecule has 3 aromatic rings. The number of alkyl halides is 3. The Labute approximate surface area is 114 Å². The van der Waals surface area contributed by atoms with Crippen LogP contribution in [0.15, 0.2) is 18.3 Å². The molecule has 0 aliphatic rings. The Morgan fingerprint density at radius 2 is 2.05 bits per heavy atom. The lowest BCUT2D eigenvalue weighted by molar-refractivity contribution is -0.146. The van der Waals surface area contributed by atoms with Crippen molar-refractivity contribution in [2.75, 3.05) is 0 Å². The molecule has 6 nitrogen and oxygen atoms in total. The van der Waals surface area contributed by atoms with Crippen LogP contribution in [-0.2, 0) is 12.7 Å². The Balaban J connectivity index is 2.06. The maximum Gasteiger partial charge on any atom is 0.453 e. The van der Waals surface area contributed by atoms with Crippen molar-refractivity contribution in [1.82, 2.24) is 24.8 Å². The zero-order chi connectivity index (χ0) is 14.3. The van der Waals surface area contributed by atoms with Gasteiger partial charge in [0, 0.05) is 12.7 Å². The van der Waals surface area contributed by atoms with E-state index >= 15 is 0 Å². The van der Waals surface area contributed by atoms with Crippen molar-refractivity contribution in [3.8, 4) is 10.7 Å². The highest BCUT2D eigenvalue weighted by Gasteiger charge is 2.38. The van der Waals surface area contributed by atoms with Gasteiger partial charge in [-0.3, -0.25) is 4.98 Å². The molecule has 104 valence electrons. The van der Waals surface area contributed by atoms with Gasteiger partial charge in [-0.1, -0.05) is 17.4 Å². The third kappa shape index (κ3) is 2.12. The van der Waals surface area contributed by atoms with Crippen molar-refractivity contribution in [3.63, 3.8) is 0 Å². The van der Waals surface area contributed by atoms with Crippen molar-refractivity contribution in [2.45, 2.75) is 12.7 Å². The lowest BCUT2D eigenvalue weighted by Crippen LogP contribution is -2.11. The van der Waals surface area contributed by atoms with E-state index in [1.165, 1.54) is 0 Å². The molecular formula is C10H7F3N6S. The van der Waals surface area contributed by atoms with Crippen LogP contribution in [0.3, 0.4) is 0 Å². The molecule has 0 aromatic carbocycles. The van der Waals surface area contributed by atoms with Crippen LogP contribution in [0, 0.1) is 0 Å². The first-order valence-electron chi connectivity index (χ1n) is 5.44. The summed E-state index contributed by atoms with van der Waals surface area (Å²) >= 11 is 0.985. The Kier molecular flexibility index (Phi) is 2.91. The molecule has 3 heterocycles. The average Bonchev–Trinajstić information content (AvgIpc) is 2.97. The quantitative estimate of drug-likeness (QED) is 0.779. The maximum atomic E-state index is 12.7. The standard InChI is InChI=1S/C10H7F3N6S/c11-10(12,13)8-16-17-9-19(8)18-7(20-9)6-2-1-5(3-14)4-15-6/h1-2,4H,3,14H2. The molecule has 3 aromatic heterocycles. The van der Waals surface area contributed by atoms with Crippen LogP contribution in [0.1, 0.15) is 11.4 Å². The molecule has 3 rings (SSSR count). The van der Waals surface area contributed by atoms with Crippen LogP contribution >= 0.6 is 11.3 Å². The van der Waals surface area contributed by atoms with Gasteiger partial charge in [-0.25, -0.2) is 0 Å². The molecule has 2 N–H and O–H groups in total. The fraction of sp³-hybridized carbons (Fsp3) is 0.200. The van der Waals surface area contributed by atoms with E-state index in [4.69, 9.17) is 5.73 Å². The minimum atomic E-state index is -4.60. The molecule has 10 heteroatoms. The van der Waals surface area contributed by atoms with E-state index < -0.39 is 12.0 Å². The van der Waals surface area contributed by atoms with Gasteiger partial charge in [-0.15, -0.1) is 10.2 Å². The fourth-order valence-electron chi connectivity index (χ4n) is 1.57. The topological polar surface area (TPSA) is 82.0 Å². The molecule has 0 saturated carbocycles. The smallest absolute Gasteiger partial charge is 0.326 e. The van der Waals surface area contributed by atoms with Gasteiger partial charge in [-0.2, -0.15) is 22.8 Å². The van der Waals surface area contributed by atoms with Crippen molar-refractivity contribution < 1.29 is 13.2 Å². The Bertz CT molecular complexity index is 745. The van der Waals surface area contributed by atoms with Crippen molar-refractivity contribution >= 4 is 16.3 Å². The zero-order valence-electron chi connectivity index (χ0n) is 9.79. The molecule has 0 radical (unpaired) electrons. The first kappa shape index (κ1) is 12.9. The lowest BCUT2D eigenvalue weighted by Gasteiger charge is -2.00. The van der Waals surface area contributed by atoms with E-state index in [1.807, 2.05) is 0 Å². The molecule has 0 fully saturated rings. The van der Waals surface area contributed by atoms with Gasteiger partial charge in [0.05, 0.1) is 0 Å². The maximum absolute atomic E-state index is 12.7. The lowest BCUT2D eigenvalue weighted by atomic mass is 10.2. The third-order valence-corrected chi connectivity index (χ3v) is 3.45. The summed E-state index contributed by atoms with van der Waals surface area (Å²) in [6.45, 7) is 0.344. The molecule has 20 heavy (non-hydrogen) atoms. The fourth-order valence-corrected chi connectivity index (χ4v) is 2.39. The Hall–Kier alpha value is -2.07. The molecule has 0 amide bonds. The summed E-state index contributed by atoms with van der Waals surface area (Å²) in [5.74, 6) is -1.14. The number of rotatable bonds is 2. The molecule has 0 bridgehead atoms. The van der Waals surface area contributed by atoms with Crippen LogP contribution in [0.2, 0.25) is 0 Å². The van der Waals surface area contributed by atoms with Crippen LogP contribution < -0.4 is 5.73 Å². The predicted octanol–water partition coefficient (Wildman–Crippen LogP) is 1.73. The summed E-state index contributed by atoms with van der Waals surface area (Å²) in [6, 6.07) is 3.40. The van der Waals surface area contributed by atoms with Gasteiger partial charge < -0.3 is 5.73 Å². The Morgan fingerprint density at radius 1 is 1.25 bits per heavy atom. The highest BCUT2D eigenvalue weighted by atomic mass is 32.1. The van der Waals surface area contributed by atoms with Gasteiger partial charge in [0.15, 0.2) is 5.01 Å². The Morgan fingerprint density at radius 3 is 2.65 bits per heavy atom. The van der Waals surface area contributed by atoms with Crippen LogP contribution in [-0.4, -0.2) is 24.8 Å². The number of aromatic nitrogens is 5. The summed E-state index contributed by atoms with van der Waals surface area (Å²) < 4.78 is 38.7. The molecule has 0 atom stereocenters. The second-order valence-corrected chi connectivity index (χ2v) is 4.83. The van der Waals surface area contributed by atoms with Gasteiger partial charge >= 0.3 is 6.18 Å². The molecule has 0 unspecified atom stereocenters. The minimum Gasteiger partial charge on any atom is -0.326 e. The van der Waals surface area contributed by atoms with Gasteiger partial charge in [0.1, 0.15) is 5.69 Å². The number of nitrogens with zero attached hydrogens (tertiary/aromatic N) is 5. The summed E-state index contributed by atoms with van der Waals surface area (Å²) in [7, 11) is 0. The summed E-state index contributed by atoms with van der Waals surface area (Å²) in [5, 5.41) is 10.8. The zero-order valence-corrected chi connectivity index (χ0v) is 10.6. The van der Waals surface area contributed by atoms with E-state index in [-0.39, 0.29) is 4.96 Å². The van der Waals surface area contributed by atoms with E-state index in [9.17, 15) is 13.2 Å². The normalized spacial score (nSPS) is 12.2. The monoisotopic (exact) mass is 300 g/mol. The molecule has 0 saturated heterocycles. The SMILES string of the molecule is NCc1ccc(-c2nn3c(C(F)(F)F)nnc3s2)nc1. The molecule has 0 spiro atoms. The molecule has 0 aliphatic heterocycles. The second-order valence-electron chi connectivity index (χ2n) is 3.88. The first-order chi connectivity index (χ1) is 9.49. The molecule has 0 aliphatic carbocycles. The summed E-state index contributed by atoms with van der Waals surface area (Å²) in [6.07, 6.45) is -3.04. The summed E-state index contributed by atoms with van der Waals surface area (Å²) in [5.41, 5.74) is 6.74. The summed E-state index contributed by atoms with van der Waals surface area (Å²) in [4.78, 5) is 4.18. The average molecular weight is 300 g/mol. The number of halogens is 3. The van der Waals surface area contributed by atoms with Crippen molar-refractivity contribution in [1.29, 1.82) is 0 Å². The van der Waals surface area contributed by atoms with Crippen molar-refractivity contribution in [2.24, 2.45) is 5.73 Å². The first-order valence-corrected chi connectivity index (χ1v) is 6.25. The minimum absolute atomic E-state index is 0.0667. The number of hydrogen-bond donors (Lipinski definition) is 1. The second kappa shape index (κ2) is 4.49. The van der Waals surface area contributed by atoms with Crippen LogP contribution in [0.25, 0.3) is 15.7 Å². The predicted molar refractivity (Wildman–Crippen MR) is 64.8 cm³/mol. The number of nitrogens with two attached hydrogens (primary N) is 1. The van der Waals surface area contributed by atoms with E-state index in [1.54, 1.807) is 18.3 Å². The van der Waals surface area contributed by atoms with Gasteiger partial charge in [0.2, 0.25) is 4.96 Å². The molecular weight excluding hydrogens is 293 g/mol. The largest absolute Gasteiger partial charge is 0.453 e. The van der Waals surface area contributed by atoms with Gasteiger partial charge in [0.25, 0.3) is 5.82 Å². The highest BCUT2D eigenvalue weighted by Crippen LogP contribution is 2.31. The number of pyridine rings is 1. The number of fused-ring (bicyclic) bond motifs is 1. The van der Waals surface area contributed by atoms with Crippen LogP contribution in [0.5, 0.6) is 0 Å².